The van der Waals surface area contributed by atoms with Gasteiger partial charge in [0.1, 0.15) is 0 Å². The third-order valence-corrected chi connectivity index (χ3v) is 3.03. The Balaban J connectivity index is 2.15. The Hall–Kier alpha value is -0.620. The molecule has 1 heterocycles. The molecule has 1 aromatic heterocycles. The van der Waals surface area contributed by atoms with Crippen LogP contribution in [0.4, 0.5) is 0 Å². The number of hydrogen-bond donors (Lipinski definition) is 0. The molecule has 16 heavy (non-hydrogen) atoms. The van der Waals surface area contributed by atoms with Gasteiger partial charge in [-0.15, -0.1) is 0 Å². The quantitative estimate of drug-likeness (QED) is 0.806. The van der Waals surface area contributed by atoms with Crippen molar-refractivity contribution in [1.29, 1.82) is 0 Å². The Kier molecular flexibility index (Phi) is 3.81. The summed E-state index contributed by atoms with van der Waals surface area (Å²) in [5.74, 6) is 0. The van der Waals surface area contributed by atoms with Gasteiger partial charge in [-0.05, 0) is 48.6 Å². The lowest BCUT2D eigenvalue weighted by atomic mass is 10.2. The van der Waals surface area contributed by atoms with E-state index in [2.05, 4.69) is 45.9 Å². The van der Waals surface area contributed by atoms with Crippen molar-refractivity contribution < 1.29 is 4.74 Å². The first-order chi connectivity index (χ1) is 7.66. The molecule has 0 spiro atoms. The summed E-state index contributed by atoms with van der Waals surface area (Å²) in [6.07, 6.45) is 2.18. The molecule has 0 bridgehead atoms. The van der Waals surface area contributed by atoms with Gasteiger partial charge in [-0.1, -0.05) is 6.07 Å². The Morgan fingerprint density at radius 1 is 1.44 bits per heavy atom. The molecule has 0 aliphatic heterocycles. The Morgan fingerprint density at radius 3 is 3.00 bits per heavy atom. The van der Waals surface area contributed by atoms with Crippen molar-refractivity contribution >= 4 is 33.5 Å². The molecule has 0 atom stereocenters. The number of aromatic nitrogens is 2. The van der Waals surface area contributed by atoms with E-state index in [1.54, 1.807) is 0 Å². The fourth-order valence-corrected chi connectivity index (χ4v) is 2.07. The van der Waals surface area contributed by atoms with Crippen molar-refractivity contribution in [3.8, 4) is 0 Å². The first-order valence-corrected chi connectivity index (χ1v) is 6.47. The number of ether oxygens (including phenoxy) is 1. The summed E-state index contributed by atoms with van der Waals surface area (Å²) in [7, 11) is 0. The minimum Gasteiger partial charge on any atom is -0.377 e. The van der Waals surface area contributed by atoms with E-state index in [0.29, 0.717) is 6.61 Å². The van der Waals surface area contributed by atoms with Gasteiger partial charge in [0.05, 0.1) is 31.0 Å². The van der Waals surface area contributed by atoms with Crippen LogP contribution in [0.2, 0.25) is 0 Å². The lowest BCUT2D eigenvalue weighted by molar-refractivity contribution is 0.0716. The second kappa shape index (κ2) is 5.14. The number of benzene rings is 1. The van der Waals surface area contributed by atoms with Crippen LogP contribution in [0.1, 0.15) is 13.8 Å². The van der Waals surface area contributed by atoms with E-state index in [1.807, 2.05) is 24.7 Å². The van der Waals surface area contributed by atoms with Gasteiger partial charge < -0.3 is 4.74 Å². The van der Waals surface area contributed by atoms with E-state index in [-0.39, 0.29) is 6.10 Å². The van der Waals surface area contributed by atoms with Crippen LogP contribution in [0, 0.1) is 3.57 Å². The molecule has 0 amide bonds. The minimum absolute atomic E-state index is 0.280. The molecule has 0 radical (unpaired) electrons. The highest BCUT2D eigenvalue weighted by atomic mass is 127. The summed E-state index contributed by atoms with van der Waals surface area (Å²) in [6.45, 7) is 5.61. The van der Waals surface area contributed by atoms with Crippen LogP contribution in [0.5, 0.6) is 0 Å². The van der Waals surface area contributed by atoms with Crippen LogP contribution in [0.3, 0.4) is 0 Å². The van der Waals surface area contributed by atoms with Gasteiger partial charge in [0, 0.05) is 8.96 Å². The Morgan fingerprint density at radius 2 is 2.25 bits per heavy atom. The molecule has 2 aromatic rings. The van der Waals surface area contributed by atoms with E-state index in [4.69, 9.17) is 4.74 Å². The third-order valence-electron chi connectivity index (χ3n) is 2.36. The van der Waals surface area contributed by atoms with Crippen molar-refractivity contribution in [3.63, 3.8) is 0 Å². The van der Waals surface area contributed by atoms with Gasteiger partial charge in [-0.2, -0.15) is 5.10 Å². The van der Waals surface area contributed by atoms with Crippen molar-refractivity contribution in [2.24, 2.45) is 0 Å². The first kappa shape index (κ1) is 11.9. The van der Waals surface area contributed by atoms with Crippen molar-refractivity contribution in [2.45, 2.75) is 26.5 Å². The SMILES string of the molecule is CC(C)OCCn1ncc2ccc(I)cc21. The van der Waals surface area contributed by atoms with Crippen molar-refractivity contribution in [1.82, 2.24) is 9.78 Å². The van der Waals surface area contributed by atoms with E-state index in [1.165, 1.54) is 14.5 Å². The molecule has 2 rings (SSSR count). The Bertz CT molecular complexity index is 479. The lowest BCUT2D eigenvalue weighted by Crippen LogP contribution is -2.11. The maximum absolute atomic E-state index is 5.53. The average Bonchev–Trinajstić information content (AvgIpc) is 2.60. The summed E-state index contributed by atoms with van der Waals surface area (Å²) in [4.78, 5) is 0. The fourth-order valence-electron chi connectivity index (χ4n) is 1.60. The van der Waals surface area contributed by atoms with Crippen LogP contribution >= 0.6 is 22.6 Å². The molecular weight excluding hydrogens is 315 g/mol. The topological polar surface area (TPSA) is 27.1 Å². The number of halogens is 1. The normalized spacial score (nSPS) is 11.5. The maximum atomic E-state index is 5.53. The van der Waals surface area contributed by atoms with E-state index >= 15 is 0 Å². The first-order valence-electron chi connectivity index (χ1n) is 5.39. The Labute approximate surface area is 109 Å². The minimum atomic E-state index is 0.280. The zero-order chi connectivity index (χ0) is 11.5. The van der Waals surface area contributed by atoms with Crippen molar-refractivity contribution in [3.05, 3.63) is 28.0 Å². The second-order valence-electron chi connectivity index (χ2n) is 3.99. The lowest BCUT2D eigenvalue weighted by Gasteiger charge is -2.08. The van der Waals surface area contributed by atoms with Gasteiger partial charge in [0.2, 0.25) is 0 Å². The van der Waals surface area contributed by atoms with Gasteiger partial charge in [0.15, 0.2) is 0 Å². The summed E-state index contributed by atoms with van der Waals surface area (Å²) in [5, 5.41) is 5.55. The largest absolute Gasteiger partial charge is 0.377 e. The molecule has 0 N–H and O–H groups in total. The molecular formula is C12H15IN2O. The van der Waals surface area contributed by atoms with Gasteiger partial charge in [-0.3, -0.25) is 4.68 Å². The fraction of sp³-hybridized carbons (Fsp3) is 0.417. The molecule has 0 aliphatic rings. The number of fused-ring (bicyclic) bond motifs is 1. The highest BCUT2D eigenvalue weighted by molar-refractivity contribution is 14.1. The van der Waals surface area contributed by atoms with E-state index in [9.17, 15) is 0 Å². The second-order valence-corrected chi connectivity index (χ2v) is 5.24. The van der Waals surface area contributed by atoms with Crippen LogP contribution in [-0.4, -0.2) is 22.5 Å². The van der Waals surface area contributed by atoms with Crippen LogP contribution in [0.25, 0.3) is 10.9 Å². The molecule has 4 heteroatoms. The molecule has 0 unspecified atom stereocenters. The number of hydrogen-bond acceptors (Lipinski definition) is 2. The zero-order valence-corrected chi connectivity index (χ0v) is 11.6. The smallest absolute Gasteiger partial charge is 0.0693 e. The summed E-state index contributed by atoms with van der Waals surface area (Å²) in [6, 6.07) is 6.35. The summed E-state index contributed by atoms with van der Waals surface area (Å²) < 4.78 is 8.76. The molecule has 0 saturated heterocycles. The van der Waals surface area contributed by atoms with Gasteiger partial charge >= 0.3 is 0 Å². The molecule has 0 fully saturated rings. The van der Waals surface area contributed by atoms with E-state index < -0.39 is 0 Å². The number of nitrogens with zero attached hydrogens (tertiary/aromatic N) is 2. The van der Waals surface area contributed by atoms with Gasteiger partial charge in [-0.25, -0.2) is 0 Å². The molecule has 3 nitrogen and oxygen atoms in total. The monoisotopic (exact) mass is 330 g/mol. The van der Waals surface area contributed by atoms with Crippen LogP contribution in [0.15, 0.2) is 24.4 Å². The molecule has 86 valence electrons. The van der Waals surface area contributed by atoms with Crippen LogP contribution in [-0.2, 0) is 11.3 Å². The zero-order valence-electron chi connectivity index (χ0n) is 9.48. The predicted molar refractivity (Wildman–Crippen MR) is 73.5 cm³/mol. The third kappa shape index (κ3) is 2.74. The maximum Gasteiger partial charge on any atom is 0.0693 e. The van der Waals surface area contributed by atoms with E-state index in [0.717, 1.165) is 6.54 Å². The summed E-state index contributed by atoms with van der Waals surface area (Å²) >= 11 is 2.32. The summed E-state index contributed by atoms with van der Waals surface area (Å²) in [5.41, 5.74) is 1.18. The molecule has 0 saturated carbocycles. The molecule has 1 aromatic carbocycles. The highest BCUT2D eigenvalue weighted by Crippen LogP contribution is 2.16. The standard InChI is InChI=1S/C12H15IN2O/c1-9(2)16-6-5-15-12-7-11(13)4-3-10(12)8-14-15/h3-4,7-9H,5-6H2,1-2H3. The number of rotatable bonds is 4. The highest BCUT2D eigenvalue weighted by Gasteiger charge is 2.03. The van der Waals surface area contributed by atoms with Crippen molar-refractivity contribution in [2.75, 3.05) is 6.61 Å². The predicted octanol–water partition coefficient (Wildman–Crippen LogP) is 3.07. The van der Waals surface area contributed by atoms with Crippen LogP contribution < -0.4 is 0 Å². The molecule has 0 aliphatic carbocycles. The van der Waals surface area contributed by atoms with Gasteiger partial charge in [0.25, 0.3) is 0 Å². The average molecular weight is 330 g/mol.